The molecule has 0 atom stereocenters. The van der Waals surface area contributed by atoms with E-state index in [9.17, 15) is 4.79 Å². The van der Waals surface area contributed by atoms with Crippen LogP contribution in [0.15, 0.2) is 24.3 Å². The number of nitrogens with zero attached hydrogens (tertiary/aromatic N) is 1. The normalized spacial score (nSPS) is 10.3. The molecule has 88 valence electrons. The molecule has 0 aliphatic carbocycles. The molecule has 1 heterocycles. The fraction of sp³-hybridized carbons (Fsp3) is 0.231. The van der Waals surface area contributed by atoms with Gasteiger partial charge in [-0.05, 0) is 31.2 Å². The van der Waals surface area contributed by atoms with Crippen LogP contribution in [0.4, 0.5) is 0 Å². The molecule has 4 nitrogen and oxygen atoms in total. The molecule has 17 heavy (non-hydrogen) atoms. The van der Waals surface area contributed by atoms with Crippen LogP contribution in [0.2, 0.25) is 0 Å². The van der Waals surface area contributed by atoms with E-state index in [2.05, 4.69) is 4.98 Å². The summed E-state index contributed by atoms with van der Waals surface area (Å²) in [5.41, 5.74) is 2.05. The van der Waals surface area contributed by atoms with Gasteiger partial charge in [0, 0.05) is 11.1 Å². The molecule has 0 bridgehead atoms. The van der Waals surface area contributed by atoms with Crippen molar-refractivity contribution >= 4 is 16.9 Å². The molecular weight excluding hydrogens is 218 g/mol. The minimum atomic E-state index is -0.372. The Morgan fingerprint density at radius 3 is 2.59 bits per heavy atom. The number of carbonyl (C=O) groups is 1. The van der Waals surface area contributed by atoms with Gasteiger partial charge in [-0.2, -0.15) is 0 Å². The largest absolute Gasteiger partial charge is 0.494 e. The summed E-state index contributed by atoms with van der Waals surface area (Å²) < 4.78 is 9.98. The number of rotatable bonds is 2. The summed E-state index contributed by atoms with van der Waals surface area (Å²) in [5, 5.41) is 0.738. The molecule has 0 aliphatic rings. The van der Waals surface area contributed by atoms with Crippen LogP contribution < -0.4 is 4.74 Å². The molecule has 0 spiro atoms. The van der Waals surface area contributed by atoms with E-state index in [-0.39, 0.29) is 5.97 Å². The average Bonchev–Trinajstić information content (AvgIpc) is 2.36. The highest BCUT2D eigenvalue weighted by atomic mass is 16.5. The first-order valence-electron chi connectivity index (χ1n) is 5.20. The molecule has 0 unspecified atom stereocenters. The van der Waals surface area contributed by atoms with Gasteiger partial charge < -0.3 is 9.47 Å². The first-order valence-corrected chi connectivity index (χ1v) is 5.20. The minimum Gasteiger partial charge on any atom is -0.494 e. The van der Waals surface area contributed by atoms with Gasteiger partial charge in [0.25, 0.3) is 0 Å². The predicted molar refractivity (Wildman–Crippen MR) is 64.4 cm³/mol. The molecule has 2 rings (SSSR count). The highest BCUT2D eigenvalue weighted by molar-refractivity contribution is 6.05. The van der Waals surface area contributed by atoms with Crippen LogP contribution in [0.25, 0.3) is 10.9 Å². The Labute approximate surface area is 99.2 Å². The lowest BCUT2D eigenvalue weighted by atomic mass is 10.1. The number of hydrogen-bond donors (Lipinski definition) is 0. The van der Waals surface area contributed by atoms with Crippen LogP contribution in [0.3, 0.4) is 0 Å². The zero-order valence-electron chi connectivity index (χ0n) is 9.98. The van der Waals surface area contributed by atoms with Crippen molar-refractivity contribution < 1.29 is 14.3 Å². The number of carbonyl (C=O) groups excluding carboxylic acids is 1. The highest BCUT2D eigenvalue weighted by Crippen LogP contribution is 2.27. The van der Waals surface area contributed by atoms with Crippen molar-refractivity contribution in [1.82, 2.24) is 4.98 Å². The van der Waals surface area contributed by atoms with Crippen LogP contribution in [-0.2, 0) is 4.74 Å². The average molecular weight is 231 g/mol. The van der Waals surface area contributed by atoms with Gasteiger partial charge in [0.05, 0.1) is 19.8 Å². The van der Waals surface area contributed by atoms with Crippen LogP contribution in [0.5, 0.6) is 5.75 Å². The molecule has 1 aromatic carbocycles. The van der Waals surface area contributed by atoms with E-state index in [0.717, 1.165) is 11.1 Å². The quantitative estimate of drug-likeness (QED) is 0.744. The second kappa shape index (κ2) is 4.41. The summed E-state index contributed by atoms with van der Waals surface area (Å²) >= 11 is 0. The summed E-state index contributed by atoms with van der Waals surface area (Å²) in [4.78, 5) is 16.0. The van der Waals surface area contributed by atoms with E-state index in [1.165, 1.54) is 7.11 Å². The van der Waals surface area contributed by atoms with Gasteiger partial charge >= 0.3 is 5.97 Å². The number of methoxy groups -OCH3 is 2. The number of aromatic nitrogens is 1. The molecule has 0 aliphatic heterocycles. The van der Waals surface area contributed by atoms with Gasteiger partial charge in [-0.3, -0.25) is 0 Å². The zero-order valence-corrected chi connectivity index (χ0v) is 9.98. The van der Waals surface area contributed by atoms with Crippen molar-refractivity contribution in [2.24, 2.45) is 0 Å². The molecule has 0 fully saturated rings. The standard InChI is InChI=1S/C13H13NO3/c1-8-4-5-9-10(13(15)17-3)6-7-11(16-2)12(9)14-8/h4-7H,1-3H3. The number of fused-ring (bicyclic) bond motifs is 1. The highest BCUT2D eigenvalue weighted by Gasteiger charge is 2.14. The Bertz CT molecular complexity index is 578. The molecule has 4 heteroatoms. The van der Waals surface area contributed by atoms with Crippen LogP contribution >= 0.6 is 0 Å². The Kier molecular flexibility index (Phi) is 2.95. The van der Waals surface area contributed by atoms with Gasteiger partial charge in [0.1, 0.15) is 11.3 Å². The first-order chi connectivity index (χ1) is 8.17. The number of esters is 1. The summed E-state index contributed by atoms with van der Waals surface area (Å²) in [6.07, 6.45) is 0. The van der Waals surface area contributed by atoms with Crippen molar-refractivity contribution in [2.75, 3.05) is 14.2 Å². The summed E-state index contributed by atoms with van der Waals surface area (Å²) in [6, 6.07) is 7.12. The topological polar surface area (TPSA) is 48.4 Å². The van der Waals surface area contributed by atoms with Crippen molar-refractivity contribution in [3.63, 3.8) is 0 Å². The molecule has 0 saturated heterocycles. The number of hydrogen-bond acceptors (Lipinski definition) is 4. The smallest absolute Gasteiger partial charge is 0.338 e. The zero-order chi connectivity index (χ0) is 12.4. The molecule has 0 amide bonds. The molecule has 0 saturated carbocycles. The predicted octanol–water partition coefficient (Wildman–Crippen LogP) is 2.34. The summed E-state index contributed by atoms with van der Waals surface area (Å²) in [6.45, 7) is 1.89. The third kappa shape index (κ3) is 1.93. The van der Waals surface area contributed by atoms with Crippen molar-refractivity contribution in [2.45, 2.75) is 6.92 Å². The number of pyridine rings is 1. The van der Waals surface area contributed by atoms with Crippen molar-refractivity contribution in [3.8, 4) is 5.75 Å². The summed E-state index contributed by atoms with van der Waals surface area (Å²) in [5.74, 6) is 0.277. The number of benzene rings is 1. The van der Waals surface area contributed by atoms with E-state index < -0.39 is 0 Å². The van der Waals surface area contributed by atoms with Crippen molar-refractivity contribution in [1.29, 1.82) is 0 Å². The first kappa shape index (κ1) is 11.4. The van der Waals surface area contributed by atoms with Gasteiger partial charge in [-0.25, -0.2) is 9.78 Å². The van der Waals surface area contributed by atoms with Crippen LogP contribution in [0, 0.1) is 6.92 Å². The van der Waals surface area contributed by atoms with E-state index in [4.69, 9.17) is 9.47 Å². The molecular formula is C13H13NO3. The molecule has 0 radical (unpaired) electrons. The number of aryl methyl sites for hydroxylation is 1. The van der Waals surface area contributed by atoms with Gasteiger partial charge in [0.15, 0.2) is 0 Å². The van der Waals surface area contributed by atoms with Gasteiger partial charge in [-0.15, -0.1) is 0 Å². The van der Waals surface area contributed by atoms with E-state index in [1.807, 2.05) is 19.1 Å². The lowest BCUT2D eigenvalue weighted by Crippen LogP contribution is -2.03. The van der Waals surface area contributed by atoms with Crippen molar-refractivity contribution in [3.05, 3.63) is 35.5 Å². The Morgan fingerprint density at radius 2 is 1.94 bits per heavy atom. The SMILES string of the molecule is COC(=O)c1ccc(OC)c2nc(C)ccc12. The Balaban J connectivity index is 2.77. The fourth-order valence-corrected chi connectivity index (χ4v) is 1.74. The summed E-state index contributed by atoms with van der Waals surface area (Å²) in [7, 11) is 2.94. The van der Waals surface area contributed by atoms with E-state index in [1.54, 1.807) is 19.2 Å². The monoisotopic (exact) mass is 231 g/mol. The van der Waals surface area contributed by atoms with E-state index >= 15 is 0 Å². The lowest BCUT2D eigenvalue weighted by molar-refractivity contribution is 0.0603. The van der Waals surface area contributed by atoms with Gasteiger partial charge in [-0.1, -0.05) is 0 Å². The molecule has 0 N–H and O–H groups in total. The maximum atomic E-state index is 11.6. The Hall–Kier alpha value is -2.10. The van der Waals surface area contributed by atoms with Gasteiger partial charge in [0.2, 0.25) is 0 Å². The molecule has 2 aromatic rings. The second-order valence-corrected chi connectivity index (χ2v) is 3.66. The van der Waals surface area contributed by atoms with Crippen LogP contribution in [0.1, 0.15) is 16.1 Å². The lowest BCUT2D eigenvalue weighted by Gasteiger charge is -2.08. The van der Waals surface area contributed by atoms with Crippen LogP contribution in [-0.4, -0.2) is 25.2 Å². The Morgan fingerprint density at radius 1 is 1.18 bits per heavy atom. The second-order valence-electron chi connectivity index (χ2n) is 3.66. The fourth-order valence-electron chi connectivity index (χ4n) is 1.74. The minimum absolute atomic E-state index is 0.372. The third-order valence-corrected chi connectivity index (χ3v) is 2.58. The molecule has 1 aromatic heterocycles. The third-order valence-electron chi connectivity index (χ3n) is 2.58. The maximum absolute atomic E-state index is 11.6. The van der Waals surface area contributed by atoms with E-state index in [0.29, 0.717) is 16.8 Å². The number of ether oxygens (including phenoxy) is 2. The maximum Gasteiger partial charge on any atom is 0.338 e.